The molecule has 0 atom stereocenters. The zero-order valence-corrected chi connectivity index (χ0v) is 11.7. The minimum atomic E-state index is -1.11. The Morgan fingerprint density at radius 1 is 1.35 bits per heavy atom. The van der Waals surface area contributed by atoms with E-state index in [1.165, 1.54) is 18.2 Å². The molecule has 1 aliphatic heterocycles. The molecule has 1 N–H and O–H groups in total. The number of Topliss-reactive ketones (excluding diaryl/α,β-unsaturated/α-hetero) is 1. The van der Waals surface area contributed by atoms with Crippen LogP contribution in [-0.2, 0) is 14.3 Å². The van der Waals surface area contributed by atoms with E-state index in [1.54, 1.807) is 13.8 Å². The molecule has 106 valence electrons. The smallest absolute Gasteiger partial charge is 0.337 e. The van der Waals surface area contributed by atoms with E-state index in [4.69, 9.17) is 21.1 Å². The molecule has 20 heavy (non-hydrogen) atoms. The predicted molar refractivity (Wildman–Crippen MR) is 71.4 cm³/mol. The number of allylic oxidation sites excluding steroid dienone is 1. The van der Waals surface area contributed by atoms with E-state index in [0.717, 1.165) is 6.08 Å². The van der Waals surface area contributed by atoms with Gasteiger partial charge in [-0.25, -0.2) is 4.79 Å². The number of carbonyl (C=O) groups is 2. The highest BCUT2D eigenvalue weighted by Gasteiger charge is 2.31. The minimum absolute atomic E-state index is 0.0592. The van der Waals surface area contributed by atoms with Crippen molar-refractivity contribution in [2.75, 3.05) is 0 Å². The summed E-state index contributed by atoms with van der Waals surface area (Å²) in [7, 11) is 0. The van der Waals surface area contributed by atoms with Gasteiger partial charge < -0.3 is 14.6 Å². The first-order valence-corrected chi connectivity index (χ1v) is 6.29. The maximum Gasteiger partial charge on any atom is 0.337 e. The largest absolute Gasteiger partial charge is 0.508 e. The van der Waals surface area contributed by atoms with Crippen molar-refractivity contribution in [1.82, 2.24) is 0 Å². The number of hydrogen-bond donors (Lipinski definition) is 1. The van der Waals surface area contributed by atoms with Crippen molar-refractivity contribution in [2.24, 2.45) is 0 Å². The maximum atomic E-state index is 12.1. The molecule has 0 unspecified atom stereocenters. The van der Waals surface area contributed by atoms with E-state index in [0.29, 0.717) is 0 Å². The first-order chi connectivity index (χ1) is 9.27. The molecule has 0 fully saturated rings. The van der Waals surface area contributed by atoms with Crippen molar-refractivity contribution in [1.29, 1.82) is 0 Å². The van der Waals surface area contributed by atoms with E-state index in [9.17, 15) is 14.7 Å². The normalized spacial score (nSPS) is 16.9. The standard InChI is InChI=1S/C14H13ClO5/c1-14(2)19-9(7-13(18)20-14)6-12(17)10-5-8(16)3-4-11(10)15/h3-5,7,16H,6H2,1-2H3. The highest BCUT2D eigenvalue weighted by molar-refractivity contribution is 6.34. The molecule has 0 aliphatic carbocycles. The number of halogens is 1. The molecule has 5 nitrogen and oxygen atoms in total. The van der Waals surface area contributed by atoms with E-state index in [1.807, 2.05) is 0 Å². The fourth-order valence-electron chi connectivity index (χ4n) is 1.84. The second kappa shape index (κ2) is 5.17. The molecular formula is C14H13ClO5. The van der Waals surface area contributed by atoms with Crippen LogP contribution in [-0.4, -0.2) is 22.6 Å². The van der Waals surface area contributed by atoms with Gasteiger partial charge in [0.2, 0.25) is 5.79 Å². The maximum absolute atomic E-state index is 12.1. The molecule has 0 aromatic heterocycles. The predicted octanol–water partition coefficient (Wildman–Crippen LogP) is 2.81. The summed E-state index contributed by atoms with van der Waals surface area (Å²) in [6.07, 6.45) is 0.988. The number of cyclic esters (lactones) is 1. The number of phenolic OH excluding ortho intramolecular Hbond substituents is 1. The van der Waals surface area contributed by atoms with Gasteiger partial charge in [-0.3, -0.25) is 4.79 Å². The third-order valence-electron chi connectivity index (χ3n) is 2.59. The van der Waals surface area contributed by atoms with Crippen molar-refractivity contribution in [2.45, 2.75) is 26.1 Å². The van der Waals surface area contributed by atoms with Crippen molar-refractivity contribution >= 4 is 23.4 Å². The lowest BCUT2D eigenvalue weighted by Gasteiger charge is -2.30. The van der Waals surface area contributed by atoms with Gasteiger partial charge in [0.25, 0.3) is 0 Å². The zero-order chi connectivity index (χ0) is 14.9. The van der Waals surface area contributed by atoms with Crippen LogP contribution in [0.2, 0.25) is 5.02 Å². The van der Waals surface area contributed by atoms with Crippen LogP contribution >= 0.6 is 11.6 Å². The number of carbonyl (C=O) groups excluding carboxylic acids is 2. The Balaban J connectivity index is 2.20. The molecule has 1 heterocycles. The summed E-state index contributed by atoms with van der Waals surface area (Å²) in [6.45, 7) is 3.15. The van der Waals surface area contributed by atoms with Crippen LogP contribution < -0.4 is 0 Å². The Labute approximate surface area is 120 Å². The van der Waals surface area contributed by atoms with Crippen molar-refractivity contribution in [3.8, 4) is 5.75 Å². The third-order valence-corrected chi connectivity index (χ3v) is 2.92. The molecule has 0 saturated carbocycles. The fraction of sp³-hybridized carbons (Fsp3) is 0.286. The van der Waals surface area contributed by atoms with Crippen LogP contribution in [0.1, 0.15) is 30.6 Å². The van der Waals surface area contributed by atoms with E-state index in [-0.39, 0.29) is 34.3 Å². The van der Waals surface area contributed by atoms with Crippen LogP contribution in [0.25, 0.3) is 0 Å². The molecule has 2 rings (SSSR count). The van der Waals surface area contributed by atoms with Gasteiger partial charge in [-0.2, -0.15) is 0 Å². The number of ether oxygens (including phenoxy) is 2. The molecule has 0 bridgehead atoms. The van der Waals surface area contributed by atoms with Crippen molar-refractivity contribution < 1.29 is 24.2 Å². The number of phenols is 1. The Hall–Kier alpha value is -2.01. The number of rotatable bonds is 3. The van der Waals surface area contributed by atoms with E-state index < -0.39 is 11.8 Å². The van der Waals surface area contributed by atoms with Gasteiger partial charge in [-0.05, 0) is 18.2 Å². The lowest BCUT2D eigenvalue weighted by atomic mass is 10.1. The molecule has 0 spiro atoms. The lowest BCUT2D eigenvalue weighted by Crippen LogP contribution is -2.34. The number of hydrogen-bond acceptors (Lipinski definition) is 5. The fourth-order valence-corrected chi connectivity index (χ4v) is 2.06. The second-order valence-corrected chi connectivity index (χ2v) is 5.20. The number of esters is 1. The molecule has 0 amide bonds. The monoisotopic (exact) mass is 296 g/mol. The van der Waals surface area contributed by atoms with Crippen LogP contribution in [0.3, 0.4) is 0 Å². The molecule has 1 aromatic carbocycles. The van der Waals surface area contributed by atoms with Gasteiger partial charge in [0.05, 0.1) is 17.5 Å². The topological polar surface area (TPSA) is 72.8 Å². The van der Waals surface area contributed by atoms with Gasteiger partial charge in [-0.1, -0.05) is 11.6 Å². The molecule has 1 aromatic rings. The quantitative estimate of drug-likeness (QED) is 0.686. The van der Waals surface area contributed by atoms with Crippen LogP contribution in [0.4, 0.5) is 0 Å². The SMILES string of the molecule is CC1(C)OC(=O)C=C(CC(=O)c2cc(O)ccc2Cl)O1. The number of aromatic hydroxyl groups is 1. The van der Waals surface area contributed by atoms with E-state index in [2.05, 4.69) is 0 Å². The summed E-state index contributed by atoms with van der Waals surface area (Å²) >= 11 is 5.91. The lowest BCUT2D eigenvalue weighted by molar-refractivity contribution is -0.205. The Kier molecular flexibility index (Phi) is 3.72. The first-order valence-electron chi connectivity index (χ1n) is 5.91. The highest BCUT2D eigenvalue weighted by atomic mass is 35.5. The summed E-state index contributed by atoms with van der Waals surface area (Å²) in [6, 6.07) is 4.09. The molecule has 1 aliphatic rings. The summed E-state index contributed by atoms with van der Waals surface area (Å²) in [4.78, 5) is 23.5. The molecule has 0 saturated heterocycles. The zero-order valence-electron chi connectivity index (χ0n) is 11.0. The summed E-state index contributed by atoms with van der Waals surface area (Å²) < 4.78 is 10.3. The van der Waals surface area contributed by atoms with Gasteiger partial charge in [0.1, 0.15) is 11.5 Å². The van der Waals surface area contributed by atoms with Gasteiger partial charge in [0.15, 0.2) is 5.78 Å². The van der Waals surface area contributed by atoms with Gasteiger partial charge >= 0.3 is 5.97 Å². The molecule has 6 heteroatoms. The summed E-state index contributed by atoms with van der Waals surface area (Å²) in [5.74, 6) is -1.88. The Morgan fingerprint density at radius 3 is 2.70 bits per heavy atom. The Morgan fingerprint density at radius 2 is 2.05 bits per heavy atom. The average Bonchev–Trinajstić information content (AvgIpc) is 2.29. The molecule has 0 radical (unpaired) electrons. The van der Waals surface area contributed by atoms with Gasteiger partial charge in [0, 0.05) is 19.4 Å². The van der Waals surface area contributed by atoms with Crippen molar-refractivity contribution in [3.05, 3.63) is 40.6 Å². The number of ketones is 1. The van der Waals surface area contributed by atoms with Crippen LogP contribution in [0.15, 0.2) is 30.0 Å². The van der Waals surface area contributed by atoms with Crippen LogP contribution in [0.5, 0.6) is 5.75 Å². The first kappa shape index (κ1) is 14.4. The third kappa shape index (κ3) is 3.30. The average molecular weight is 297 g/mol. The summed E-state index contributed by atoms with van der Waals surface area (Å²) in [5, 5.41) is 9.61. The number of benzene rings is 1. The van der Waals surface area contributed by atoms with Crippen LogP contribution in [0, 0.1) is 0 Å². The molecular weight excluding hydrogens is 284 g/mol. The Bertz CT molecular complexity index is 604. The highest BCUT2D eigenvalue weighted by Crippen LogP contribution is 2.27. The van der Waals surface area contributed by atoms with Gasteiger partial charge in [-0.15, -0.1) is 0 Å². The summed E-state index contributed by atoms with van der Waals surface area (Å²) in [5.41, 5.74) is 0.174. The van der Waals surface area contributed by atoms with Crippen molar-refractivity contribution in [3.63, 3.8) is 0 Å². The minimum Gasteiger partial charge on any atom is -0.508 e. The van der Waals surface area contributed by atoms with E-state index >= 15 is 0 Å². The second-order valence-electron chi connectivity index (χ2n) is 4.80.